The minimum absolute atomic E-state index is 0.0174. The Morgan fingerprint density at radius 3 is 2.71 bits per heavy atom. The summed E-state index contributed by atoms with van der Waals surface area (Å²) in [5.41, 5.74) is 3.91. The number of hydrazone groups is 1. The molecule has 0 spiro atoms. The topological polar surface area (TPSA) is 94.8 Å². The molecule has 1 amide bonds. The van der Waals surface area contributed by atoms with E-state index in [0.717, 1.165) is 16.0 Å². The van der Waals surface area contributed by atoms with Crippen LogP contribution in [-0.2, 0) is 11.3 Å². The Labute approximate surface area is 200 Å². The molecular weight excluding hydrogens is 452 g/mol. The normalized spacial score (nSPS) is 11.3. The lowest BCUT2D eigenvalue weighted by Crippen LogP contribution is -2.29. The number of hydrogen-bond donors (Lipinski definition) is 1. The van der Waals surface area contributed by atoms with Crippen molar-refractivity contribution in [3.8, 4) is 21.9 Å². The Hall–Kier alpha value is -3.98. The minimum Gasteiger partial charge on any atom is -0.493 e. The summed E-state index contributed by atoms with van der Waals surface area (Å²) >= 11 is 1.44. The molecule has 4 aromatic rings. The lowest BCUT2D eigenvalue weighted by atomic mass is 10.2. The third-order valence-electron chi connectivity index (χ3n) is 4.84. The fourth-order valence-electron chi connectivity index (χ4n) is 3.30. The molecule has 174 valence electrons. The molecule has 4 rings (SSSR count). The van der Waals surface area contributed by atoms with Crippen molar-refractivity contribution in [3.05, 3.63) is 76.8 Å². The van der Waals surface area contributed by atoms with Crippen LogP contribution in [0.15, 0.2) is 70.8 Å². The number of carbonyl (C=O) groups excluding carboxylic acids is 1. The fraction of sp³-hybridized carbons (Fsp3) is 0.200. The van der Waals surface area contributed by atoms with Crippen molar-refractivity contribution >= 4 is 33.7 Å². The average Bonchev–Trinajstić information content (AvgIpc) is 3.27. The lowest BCUT2D eigenvalue weighted by molar-refractivity contribution is -0.121. The Morgan fingerprint density at radius 1 is 1.18 bits per heavy atom. The van der Waals surface area contributed by atoms with E-state index in [0.29, 0.717) is 21.7 Å². The predicted molar refractivity (Wildman–Crippen MR) is 134 cm³/mol. The maximum Gasteiger partial charge on any atom is 0.262 e. The number of benzene rings is 2. The number of carbonyl (C=O) groups is 1. The van der Waals surface area contributed by atoms with Crippen molar-refractivity contribution in [2.45, 2.75) is 26.5 Å². The van der Waals surface area contributed by atoms with Crippen LogP contribution in [0.1, 0.15) is 19.4 Å². The number of fused-ring (bicyclic) bond motifs is 1. The largest absolute Gasteiger partial charge is 0.493 e. The van der Waals surface area contributed by atoms with Gasteiger partial charge in [-0.2, -0.15) is 5.10 Å². The highest BCUT2D eigenvalue weighted by Crippen LogP contribution is 2.30. The zero-order valence-electron chi connectivity index (χ0n) is 19.0. The molecule has 0 fully saturated rings. The first-order valence-corrected chi connectivity index (χ1v) is 11.5. The fourth-order valence-corrected chi connectivity index (χ4v) is 4.30. The number of amides is 1. The van der Waals surface area contributed by atoms with E-state index in [1.54, 1.807) is 25.3 Å². The van der Waals surface area contributed by atoms with Gasteiger partial charge in [-0.05, 0) is 49.2 Å². The monoisotopic (exact) mass is 476 g/mol. The van der Waals surface area contributed by atoms with Crippen molar-refractivity contribution in [2.24, 2.45) is 5.10 Å². The summed E-state index contributed by atoms with van der Waals surface area (Å²) in [4.78, 5) is 31.2. The SMILES string of the molecule is COc1cc(/C=N/NC(=O)Cn2cnc3sc(-c4ccccc4)cc3c2=O)ccc1OC(C)C. The average molecular weight is 477 g/mol. The smallest absolute Gasteiger partial charge is 0.262 e. The molecular formula is C25H24N4O4S. The summed E-state index contributed by atoms with van der Waals surface area (Å²) in [6, 6.07) is 17.0. The molecule has 2 aromatic carbocycles. The van der Waals surface area contributed by atoms with Crippen molar-refractivity contribution in [2.75, 3.05) is 7.11 Å². The van der Waals surface area contributed by atoms with Gasteiger partial charge in [0.15, 0.2) is 11.5 Å². The standard InChI is InChI=1S/C25H24N4O4S/c1-16(2)33-20-10-9-17(11-21(20)32-3)13-27-28-23(30)14-29-15-26-24-19(25(29)31)12-22(34-24)18-7-5-4-6-8-18/h4-13,15-16H,14H2,1-3H3,(H,28,30)/b27-13+. The first kappa shape index (κ1) is 23.2. The molecule has 0 aliphatic heterocycles. The van der Waals surface area contributed by atoms with Crippen molar-refractivity contribution < 1.29 is 14.3 Å². The first-order chi connectivity index (χ1) is 16.4. The Balaban J connectivity index is 1.44. The van der Waals surface area contributed by atoms with Crippen LogP contribution >= 0.6 is 11.3 Å². The van der Waals surface area contributed by atoms with E-state index in [1.165, 1.54) is 28.4 Å². The highest BCUT2D eigenvalue weighted by molar-refractivity contribution is 7.21. The second-order valence-electron chi connectivity index (χ2n) is 7.74. The van der Waals surface area contributed by atoms with Crippen molar-refractivity contribution in [1.82, 2.24) is 15.0 Å². The van der Waals surface area contributed by atoms with E-state index in [4.69, 9.17) is 9.47 Å². The molecule has 9 heteroatoms. The van der Waals surface area contributed by atoms with Gasteiger partial charge in [-0.1, -0.05) is 30.3 Å². The van der Waals surface area contributed by atoms with Crippen LogP contribution in [0.5, 0.6) is 11.5 Å². The van der Waals surface area contributed by atoms with Crippen LogP contribution in [0.2, 0.25) is 0 Å². The lowest BCUT2D eigenvalue weighted by Gasteiger charge is -2.13. The molecule has 2 heterocycles. The van der Waals surface area contributed by atoms with Gasteiger partial charge in [0.2, 0.25) is 0 Å². The summed E-state index contributed by atoms with van der Waals surface area (Å²) in [5.74, 6) is 0.759. The maximum atomic E-state index is 12.9. The molecule has 34 heavy (non-hydrogen) atoms. The Morgan fingerprint density at radius 2 is 1.97 bits per heavy atom. The van der Waals surface area contributed by atoms with Gasteiger partial charge in [0.25, 0.3) is 11.5 Å². The zero-order chi connectivity index (χ0) is 24.1. The van der Waals surface area contributed by atoms with Crippen molar-refractivity contribution in [1.29, 1.82) is 0 Å². The van der Waals surface area contributed by atoms with E-state index in [-0.39, 0.29) is 18.2 Å². The molecule has 0 atom stereocenters. The van der Waals surface area contributed by atoms with Crippen LogP contribution in [0.3, 0.4) is 0 Å². The highest BCUT2D eigenvalue weighted by Gasteiger charge is 2.12. The Bertz CT molecular complexity index is 1390. The van der Waals surface area contributed by atoms with Gasteiger partial charge in [0.05, 0.1) is 31.1 Å². The summed E-state index contributed by atoms with van der Waals surface area (Å²) < 4.78 is 12.3. The summed E-state index contributed by atoms with van der Waals surface area (Å²) in [7, 11) is 1.56. The van der Waals surface area contributed by atoms with E-state index in [9.17, 15) is 9.59 Å². The molecule has 2 aromatic heterocycles. The van der Waals surface area contributed by atoms with E-state index < -0.39 is 5.91 Å². The Kier molecular flexibility index (Phi) is 7.03. The number of nitrogens with one attached hydrogen (secondary N) is 1. The van der Waals surface area contributed by atoms with Crippen LogP contribution in [0.4, 0.5) is 0 Å². The second-order valence-corrected chi connectivity index (χ2v) is 8.77. The van der Waals surface area contributed by atoms with E-state index >= 15 is 0 Å². The third-order valence-corrected chi connectivity index (χ3v) is 5.94. The first-order valence-electron chi connectivity index (χ1n) is 10.7. The van der Waals surface area contributed by atoms with Crippen LogP contribution in [0.25, 0.3) is 20.7 Å². The molecule has 8 nitrogen and oxygen atoms in total. The maximum absolute atomic E-state index is 12.9. The number of methoxy groups -OCH3 is 1. The van der Waals surface area contributed by atoms with Gasteiger partial charge in [0, 0.05) is 4.88 Å². The van der Waals surface area contributed by atoms with E-state index in [1.807, 2.05) is 50.2 Å². The van der Waals surface area contributed by atoms with Gasteiger partial charge < -0.3 is 9.47 Å². The molecule has 0 unspecified atom stereocenters. The van der Waals surface area contributed by atoms with Crippen molar-refractivity contribution in [3.63, 3.8) is 0 Å². The predicted octanol–water partition coefficient (Wildman–Crippen LogP) is 4.07. The second kappa shape index (κ2) is 10.3. The van der Waals surface area contributed by atoms with Crippen LogP contribution in [-0.4, -0.2) is 34.9 Å². The summed E-state index contributed by atoms with van der Waals surface area (Å²) in [6.45, 7) is 3.67. The molecule has 0 bridgehead atoms. The third kappa shape index (κ3) is 5.32. The molecule has 0 aliphatic rings. The van der Waals surface area contributed by atoms with Gasteiger partial charge in [-0.25, -0.2) is 10.4 Å². The number of thiophene rings is 1. The molecule has 0 saturated carbocycles. The van der Waals surface area contributed by atoms with Gasteiger partial charge in [-0.15, -0.1) is 11.3 Å². The number of hydrogen-bond acceptors (Lipinski definition) is 7. The molecule has 0 radical (unpaired) electrons. The zero-order valence-corrected chi connectivity index (χ0v) is 19.8. The number of nitrogens with zero attached hydrogens (tertiary/aromatic N) is 3. The molecule has 0 saturated heterocycles. The summed E-state index contributed by atoms with van der Waals surface area (Å²) in [5, 5.41) is 4.47. The number of rotatable bonds is 8. The van der Waals surface area contributed by atoms with Crippen LogP contribution in [0, 0.1) is 0 Å². The minimum atomic E-state index is -0.440. The van der Waals surface area contributed by atoms with Gasteiger partial charge in [0.1, 0.15) is 11.4 Å². The highest BCUT2D eigenvalue weighted by atomic mass is 32.1. The molecule has 1 N–H and O–H groups in total. The van der Waals surface area contributed by atoms with E-state index in [2.05, 4.69) is 15.5 Å². The summed E-state index contributed by atoms with van der Waals surface area (Å²) in [6.07, 6.45) is 2.90. The molecule has 0 aliphatic carbocycles. The number of ether oxygens (including phenoxy) is 2. The van der Waals surface area contributed by atoms with Gasteiger partial charge in [-0.3, -0.25) is 14.2 Å². The van der Waals surface area contributed by atoms with Crippen LogP contribution < -0.4 is 20.5 Å². The van der Waals surface area contributed by atoms with Gasteiger partial charge >= 0.3 is 0 Å². The quantitative estimate of drug-likeness (QED) is 0.306. The number of aromatic nitrogens is 2.